The van der Waals surface area contributed by atoms with Gasteiger partial charge in [0.2, 0.25) is 0 Å². The lowest BCUT2D eigenvalue weighted by Crippen LogP contribution is -2.32. The van der Waals surface area contributed by atoms with Crippen molar-refractivity contribution in [3.63, 3.8) is 0 Å². The van der Waals surface area contributed by atoms with E-state index in [2.05, 4.69) is 0 Å². The van der Waals surface area contributed by atoms with E-state index in [-0.39, 0.29) is 11.2 Å². The number of hydrogen-bond donors (Lipinski definition) is 1. The molecule has 0 aliphatic carbocycles. The van der Waals surface area contributed by atoms with E-state index in [1.54, 1.807) is 18.3 Å². The van der Waals surface area contributed by atoms with Crippen LogP contribution in [0.15, 0.2) is 18.2 Å². The van der Waals surface area contributed by atoms with Gasteiger partial charge in [0.05, 0.1) is 0 Å². The molecule has 1 N–H and O–H groups in total. The summed E-state index contributed by atoms with van der Waals surface area (Å²) in [6, 6.07) is 4.44. The van der Waals surface area contributed by atoms with Crippen molar-refractivity contribution in [2.75, 3.05) is 5.32 Å². The van der Waals surface area contributed by atoms with E-state index in [1.807, 2.05) is 0 Å². The highest BCUT2D eigenvalue weighted by Gasteiger charge is 2.38. The Hall–Kier alpha value is -1.46. The number of carbonyl (C=O) groups is 1. The summed E-state index contributed by atoms with van der Waals surface area (Å²) in [6.45, 7) is 1.68. The molecule has 1 amide bonds. The van der Waals surface area contributed by atoms with Gasteiger partial charge in [-0.2, -0.15) is 13.2 Å². The van der Waals surface area contributed by atoms with Gasteiger partial charge in [0.1, 0.15) is 7.85 Å². The first-order valence-electron chi connectivity index (χ1n) is 4.05. The highest BCUT2D eigenvalue weighted by Crippen LogP contribution is 2.17. The van der Waals surface area contributed by atoms with E-state index < -0.39 is 12.1 Å². The third kappa shape index (κ3) is 3.01. The van der Waals surface area contributed by atoms with Crippen molar-refractivity contribution in [1.82, 2.24) is 0 Å². The van der Waals surface area contributed by atoms with Crippen LogP contribution < -0.4 is 10.8 Å². The zero-order valence-corrected chi connectivity index (χ0v) is 7.85. The second-order valence-corrected chi connectivity index (χ2v) is 3.04. The average Bonchev–Trinajstić information content (AvgIpc) is 2.09. The van der Waals surface area contributed by atoms with Gasteiger partial charge in [-0.3, -0.25) is 4.79 Å². The Morgan fingerprint density at radius 1 is 1.40 bits per heavy atom. The van der Waals surface area contributed by atoms with E-state index >= 15 is 0 Å². The van der Waals surface area contributed by atoms with Crippen LogP contribution in [0.2, 0.25) is 0 Å². The number of rotatable bonds is 1. The normalized spacial score (nSPS) is 11.2. The quantitative estimate of drug-likeness (QED) is 0.699. The number of hydrogen-bond acceptors (Lipinski definition) is 1. The molecule has 0 bridgehead atoms. The second kappa shape index (κ2) is 3.96. The summed E-state index contributed by atoms with van der Waals surface area (Å²) in [6.07, 6.45) is -4.91. The minimum absolute atomic E-state index is 0.0303. The van der Waals surface area contributed by atoms with Gasteiger partial charge >= 0.3 is 12.1 Å². The molecule has 78 valence electrons. The Kier molecular flexibility index (Phi) is 3.07. The predicted molar refractivity (Wildman–Crippen MR) is 51.3 cm³/mol. The van der Waals surface area contributed by atoms with E-state index in [0.29, 0.717) is 5.56 Å². The highest BCUT2D eigenvalue weighted by atomic mass is 19.4. The second-order valence-electron chi connectivity index (χ2n) is 3.04. The molecule has 6 heteroatoms. The van der Waals surface area contributed by atoms with Gasteiger partial charge in [-0.05, 0) is 18.6 Å². The number of anilines is 1. The van der Waals surface area contributed by atoms with Gasteiger partial charge in [-0.15, -0.1) is 0 Å². The van der Waals surface area contributed by atoms with Crippen molar-refractivity contribution in [2.24, 2.45) is 0 Å². The minimum Gasteiger partial charge on any atom is -0.319 e. The maximum atomic E-state index is 11.9. The molecule has 0 aliphatic rings. The van der Waals surface area contributed by atoms with Crippen LogP contribution in [-0.2, 0) is 4.79 Å². The molecule has 15 heavy (non-hydrogen) atoms. The lowest BCUT2D eigenvalue weighted by Gasteiger charge is -2.11. The number of nitrogens with one attached hydrogen (secondary N) is 1. The van der Waals surface area contributed by atoms with Crippen molar-refractivity contribution in [3.8, 4) is 0 Å². The van der Waals surface area contributed by atoms with Gasteiger partial charge in [-0.25, -0.2) is 0 Å². The number of halogens is 3. The summed E-state index contributed by atoms with van der Waals surface area (Å²) in [5.74, 6) is -2.03. The molecule has 2 nitrogen and oxygen atoms in total. The molecule has 2 radical (unpaired) electrons. The molecule has 1 rings (SSSR count). The smallest absolute Gasteiger partial charge is 0.319 e. The fourth-order valence-electron chi connectivity index (χ4n) is 0.972. The van der Waals surface area contributed by atoms with Crippen molar-refractivity contribution in [3.05, 3.63) is 23.8 Å². The predicted octanol–water partition coefficient (Wildman–Crippen LogP) is 1.29. The molecule has 0 saturated heterocycles. The Balaban J connectivity index is 2.90. The van der Waals surface area contributed by atoms with Gasteiger partial charge in [0.25, 0.3) is 0 Å². The molecular weight excluding hydrogens is 206 g/mol. The van der Waals surface area contributed by atoms with Crippen LogP contribution >= 0.6 is 0 Å². The van der Waals surface area contributed by atoms with Gasteiger partial charge in [-0.1, -0.05) is 17.6 Å². The summed E-state index contributed by atoms with van der Waals surface area (Å²) < 4.78 is 35.7. The molecular formula is C9H7BF3NO. The zero-order chi connectivity index (χ0) is 11.6. The number of benzene rings is 1. The maximum absolute atomic E-state index is 11.9. The first kappa shape index (κ1) is 11.6. The van der Waals surface area contributed by atoms with E-state index in [1.165, 1.54) is 12.1 Å². The third-order valence-electron chi connectivity index (χ3n) is 1.71. The summed E-state index contributed by atoms with van der Waals surface area (Å²) in [5.41, 5.74) is 0.775. The van der Waals surface area contributed by atoms with Crippen LogP contribution in [0.4, 0.5) is 18.9 Å². The van der Waals surface area contributed by atoms with Crippen molar-refractivity contribution >= 4 is 24.9 Å². The summed E-state index contributed by atoms with van der Waals surface area (Å²) in [7, 11) is 5.40. The lowest BCUT2D eigenvalue weighted by molar-refractivity contribution is -0.167. The van der Waals surface area contributed by atoms with E-state index in [0.717, 1.165) is 0 Å². The first-order valence-corrected chi connectivity index (χ1v) is 4.05. The molecule has 0 spiro atoms. The number of carbonyl (C=O) groups excluding carboxylic acids is 1. The monoisotopic (exact) mass is 213 g/mol. The van der Waals surface area contributed by atoms with Crippen LogP contribution in [-0.4, -0.2) is 19.9 Å². The number of alkyl halides is 3. The van der Waals surface area contributed by atoms with Crippen molar-refractivity contribution in [2.45, 2.75) is 13.1 Å². The number of amides is 1. The van der Waals surface area contributed by atoms with Crippen LogP contribution in [0, 0.1) is 6.92 Å². The van der Waals surface area contributed by atoms with Crippen LogP contribution in [0.3, 0.4) is 0 Å². The summed E-state index contributed by atoms with van der Waals surface area (Å²) in [4.78, 5) is 10.6. The first-order chi connectivity index (χ1) is 6.80. The molecule has 0 heterocycles. The Bertz CT molecular complexity index is 389. The molecule has 0 unspecified atom stereocenters. The summed E-state index contributed by atoms with van der Waals surface area (Å²) >= 11 is 0. The van der Waals surface area contributed by atoms with Crippen LogP contribution in [0.25, 0.3) is 0 Å². The largest absolute Gasteiger partial charge is 0.471 e. The highest BCUT2D eigenvalue weighted by molar-refractivity contribution is 6.36. The SMILES string of the molecule is [B]c1ccc(C)cc1NC(=O)C(F)(F)F. The standard InChI is InChI=1S/C9H7BF3NO/c1-5-2-3-6(10)7(4-5)14-8(15)9(11,12)13/h2-4H,1H3,(H,14,15). The average molecular weight is 213 g/mol. The molecule has 1 aromatic carbocycles. The Morgan fingerprint density at radius 3 is 2.53 bits per heavy atom. The maximum Gasteiger partial charge on any atom is 0.471 e. The topological polar surface area (TPSA) is 29.1 Å². The lowest BCUT2D eigenvalue weighted by atomic mass is 9.93. The van der Waals surface area contributed by atoms with Gasteiger partial charge < -0.3 is 5.32 Å². The zero-order valence-electron chi connectivity index (χ0n) is 7.85. The minimum atomic E-state index is -4.91. The molecule has 0 atom stereocenters. The van der Waals surface area contributed by atoms with E-state index in [9.17, 15) is 18.0 Å². The van der Waals surface area contributed by atoms with Crippen LogP contribution in [0.5, 0.6) is 0 Å². The van der Waals surface area contributed by atoms with Crippen molar-refractivity contribution < 1.29 is 18.0 Å². The third-order valence-corrected chi connectivity index (χ3v) is 1.71. The Morgan fingerprint density at radius 2 is 2.00 bits per heavy atom. The number of aryl methyl sites for hydroxylation is 1. The van der Waals surface area contributed by atoms with E-state index in [4.69, 9.17) is 7.85 Å². The van der Waals surface area contributed by atoms with Gasteiger partial charge in [0, 0.05) is 5.69 Å². The van der Waals surface area contributed by atoms with Crippen molar-refractivity contribution in [1.29, 1.82) is 0 Å². The Labute approximate surface area is 85.9 Å². The molecule has 0 fully saturated rings. The fourth-order valence-corrected chi connectivity index (χ4v) is 0.972. The fraction of sp³-hybridized carbons (Fsp3) is 0.222. The molecule has 0 aromatic heterocycles. The molecule has 1 aromatic rings. The summed E-state index contributed by atoms with van der Waals surface area (Å²) in [5, 5.41) is 1.70. The molecule has 0 saturated carbocycles. The van der Waals surface area contributed by atoms with Crippen LogP contribution in [0.1, 0.15) is 5.56 Å². The van der Waals surface area contributed by atoms with Gasteiger partial charge in [0.15, 0.2) is 0 Å². The molecule has 0 aliphatic heterocycles.